The van der Waals surface area contributed by atoms with Gasteiger partial charge in [0.25, 0.3) is 5.91 Å². The number of hydrogen-bond acceptors (Lipinski definition) is 5. The second-order valence-corrected chi connectivity index (χ2v) is 5.90. The Morgan fingerprint density at radius 1 is 1.43 bits per heavy atom. The molecule has 9 heteroatoms. The van der Waals surface area contributed by atoms with E-state index in [4.69, 9.17) is 5.14 Å². The van der Waals surface area contributed by atoms with Crippen LogP contribution < -0.4 is 10.5 Å². The number of nitrogens with two attached hydrogens (primary N) is 1. The largest absolute Gasteiger partial charge is 0.345 e. The summed E-state index contributed by atoms with van der Waals surface area (Å²) in [5.41, 5.74) is 0.612. The van der Waals surface area contributed by atoms with E-state index in [0.29, 0.717) is 17.8 Å². The number of primary sulfonamides is 1. The average molecular weight is 309 g/mol. The van der Waals surface area contributed by atoms with E-state index in [1.165, 1.54) is 12.1 Å². The molecule has 112 valence electrons. The molecule has 1 aromatic carbocycles. The molecule has 0 spiro atoms. The van der Waals surface area contributed by atoms with Crippen molar-refractivity contribution in [3.63, 3.8) is 0 Å². The lowest BCUT2D eigenvalue weighted by molar-refractivity contribution is 0.0941. The quantitative estimate of drug-likeness (QED) is 0.712. The first-order valence-corrected chi connectivity index (χ1v) is 7.76. The van der Waals surface area contributed by atoms with Crippen molar-refractivity contribution in [3.8, 4) is 0 Å². The molecule has 0 unspecified atom stereocenters. The van der Waals surface area contributed by atoms with E-state index in [0.717, 1.165) is 0 Å². The molecular weight excluding hydrogens is 294 g/mol. The average Bonchev–Trinajstić information content (AvgIpc) is 2.93. The SMILES string of the molecule is CCc1nc(C(=O)NCc2cccc(S(N)(=O)=O)c2)n[nH]1. The zero-order chi connectivity index (χ0) is 15.5. The summed E-state index contributed by atoms with van der Waals surface area (Å²) in [4.78, 5) is 15.8. The van der Waals surface area contributed by atoms with Crippen molar-refractivity contribution in [2.45, 2.75) is 24.8 Å². The van der Waals surface area contributed by atoms with Gasteiger partial charge in [0.15, 0.2) is 0 Å². The van der Waals surface area contributed by atoms with Crippen LogP contribution in [0.15, 0.2) is 29.2 Å². The van der Waals surface area contributed by atoms with Crippen molar-refractivity contribution in [1.29, 1.82) is 0 Å². The van der Waals surface area contributed by atoms with E-state index in [-0.39, 0.29) is 17.3 Å². The number of aromatic nitrogens is 3. The molecule has 8 nitrogen and oxygen atoms in total. The number of amides is 1. The zero-order valence-electron chi connectivity index (χ0n) is 11.3. The molecule has 0 aliphatic carbocycles. The molecule has 0 saturated carbocycles. The summed E-state index contributed by atoms with van der Waals surface area (Å²) < 4.78 is 22.5. The van der Waals surface area contributed by atoms with E-state index in [2.05, 4.69) is 20.5 Å². The van der Waals surface area contributed by atoms with Gasteiger partial charge in [0, 0.05) is 13.0 Å². The monoisotopic (exact) mass is 309 g/mol. The Morgan fingerprint density at radius 3 is 2.81 bits per heavy atom. The summed E-state index contributed by atoms with van der Waals surface area (Å²) in [5.74, 6) is 0.234. The number of H-pyrrole nitrogens is 1. The van der Waals surface area contributed by atoms with Gasteiger partial charge in [0.1, 0.15) is 5.82 Å². The van der Waals surface area contributed by atoms with Crippen LogP contribution in [0.2, 0.25) is 0 Å². The molecule has 0 saturated heterocycles. The molecule has 2 aromatic rings. The summed E-state index contributed by atoms with van der Waals surface area (Å²) >= 11 is 0. The molecule has 1 heterocycles. The predicted octanol–water partition coefficient (Wildman–Crippen LogP) is -0.0555. The van der Waals surface area contributed by atoms with E-state index in [1.807, 2.05) is 6.92 Å². The van der Waals surface area contributed by atoms with Gasteiger partial charge in [-0.25, -0.2) is 18.5 Å². The summed E-state index contributed by atoms with van der Waals surface area (Å²) in [7, 11) is -3.76. The fourth-order valence-corrected chi connectivity index (χ4v) is 2.23. The van der Waals surface area contributed by atoms with Crippen molar-refractivity contribution < 1.29 is 13.2 Å². The van der Waals surface area contributed by atoms with Gasteiger partial charge in [0.05, 0.1) is 4.90 Å². The van der Waals surface area contributed by atoms with Gasteiger partial charge >= 0.3 is 0 Å². The Hall–Kier alpha value is -2.26. The third-order valence-electron chi connectivity index (χ3n) is 2.75. The first-order chi connectivity index (χ1) is 9.90. The topological polar surface area (TPSA) is 131 Å². The summed E-state index contributed by atoms with van der Waals surface area (Å²) in [6.45, 7) is 2.04. The Labute approximate surface area is 121 Å². The summed E-state index contributed by atoms with van der Waals surface area (Å²) in [6.07, 6.45) is 0.649. The number of hydrogen-bond donors (Lipinski definition) is 3. The second-order valence-electron chi connectivity index (χ2n) is 4.33. The third kappa shape index (κ3) is 3.86. The highest BCUT2D eigenvalue weighted by molar-refractivity contribution is 7.89. The number of aryl methyl sites for hydroxylation is 1. The van der Waals surface area contributed by atoms with Crippen molar-refractivity contribution >= 4 is 15.9 Å². The molecule has 0 fully saturated rings. The summed E-state index contributed by atoms with van der Waals surface area (Å²) in [5, 5.41) is 14.1. The van der Waals surface area contributed by atoms with Crippen LogP contribution in [-0.4, -0.2) is 29.5 Å². The zero-order valence-corrected chi connectivity index (χ0v) is 12.1. The number of aromatic amines is 1. The van der Waals surface area contributed by atoms with Gasteiger partial charge < -0.3 is 5.32 Å². The maximum atomic E-state index is 11.8. The number of nitrogens with zero attached hydrogens (tertiary/aromatic N) is 2. The first kappa shape index (κ1) is 15.1. The minimum atomic E-state index is -3.76. The highest BCUT2D eigenvalue weighted by Gasteiger charge is 2.12. The second kappa shape index (κ2) is 6.02. The normalized spacial score (nSPS) is 11.3. The number of sulfonamides is 1. The fourth-order valence-electron chi connectivity index (χ4n) is 1.65. The number of carbonyl (C=O) groups is 1. The minimum absolute atomic E-state index is 0.000382. The molecule has 4 N–H and O–H groups in total. The van der Waals surface area contributed by atoms with E-state index in [1.54, 1.807) is 12.1 Å². The smallest absolute Gasteiger partial charge is 0.291 e. The lowest BCUT2D eigenvalue weighted by atomic mass is 10.2. The van der Waals surface area contributed by atoms with Crippen LogP contribution in [0.25, 0.3) is 0 Å². The lowest BCUT2D eigenvalue weighted by Gasteiger charge is -2.05. The van der Waals surface area contributed by atoms with Crippen LogP contribution >= 0.6 is 0 Å². The highest BCUT2D eigenvalue weighted by atomic mass is 32.2. The molecule has 1 amide bonds. The molecule has 21 heavy (non-hydrogen) atoms. The van der Waals surface area contributed by atoms with E-state index in [9.17, 15) is 13.2 Å². The van der Waals surface area contributed by atoms with Crippen LogP contribution in [0.1, 0.15) is 28.9 Å². The van der Waals surface area contributed by atoms with Gasteiger partial charge in [-0.15, -0.1) is 5.10 Å². The fraction of sp³-hybridized carbons (Fsp3) is 0.250. The Bertz CT molecular complexity index is 754. The molecular formula is C12H15N5O3S. The number of carbonyl (C=O) groups excluding carboxylic acids is 1. The molecule has 0 bridgehead atoms. The van der Waals surface area contributed by atoms with Gasteiger partial charge in [-0.1, -0.05) is 19.1 Å². The lowest BCUT2D eigenvalue weighted by Crippen LogP contribution is -2.24. The Balaban J connectivity index is 2.04. The van der Waals surface area contributed by atoms with Crippen LogP contribution in [0.3, 0.4) is 0 Å². The van der Waals surface area contributed by atoms with E-state index >= 15 is 0 Å². The van der Waals surface area contributed by atoms with Crippen LogP contribution in [0, 0.1) is 0 Å². The predicted molar refractivity (Wildman–Crippen MR) is 74.7 cm³/mol. The molecule has 1 aromatic heterocycles. The van der Waals surface area contributed by atoms with Crippen molar-refractivity contribution in [1.82, 2.24) is 20.5 Å². The maximum Gasteiger partial charge on any atom is 0.291 e. The minimum Gasteiger partial charge on any atom is -0.345 e. The van der Waals surface area contributed by atoms with Gasteiger partial charge in [0.2, 0.25) is 15.8 Å². The Kier molecular flexibility index (Phi) is 4.34. The molecule has 0 atom stereocenters. The van der Waals surface area contributed by atoms with Crippen LogP contribution in [-0.2, 0) is 23.0 Å². The standard InChI is InChI=1S/C12H15N5O3S/c1-2-10-15-11(17-16-10)12(18)14-7-8-4-3-5-9(6-8)21(13,19)20/h3-6H,2,7H2,1H3,(H,14,18)(H2,13,19,20)(H,15,16,17). The van der Waals surface area contributed by atoms with Gasteiger partial charge in [-0.05, 0) is 17.7 Å². The number of rotatable bonds is 5. The highest BCUT2D eigenvalue weighted by Crippen LogP contribution is 2.09. The van der Waals surface area contributed by atoms with E-state index < -0.39 is 15.9 Å². The molecule has 2 rings (SSSR count). The van der Waals surface area contributed by atoms with Crippen molar-refractivity contribution in [3.05, 3.63) is 41.5 Å². The molecule has 0 aliphatic rings. The number of nitrogens with one attached hydrogen (secondary N) is 2. The van der Waals surface area contributed by atoms with Gasteiger partial charge in [-0.3, -0.25) is 9.89 Å². The molecule has 0 aliphatic heterocycles. The van der Waals surface area contributed by atoms with Gasteiger partial charge in [-0.2, -0.15) is 0 Å². The maximum absolute atomic E-state index is 11.8. The third-order valence-corrected chi connectivity index (χ3v) is 3.66. The summed E-state index contributed by atoms with van der Waals surface area (Å²) in [6, 6.07) is 6.04. The first-order valence-electron chi connectivity index (χ1n) is 6.21. The number of benzene rings is 1. The molecule has 0 radical (unpaired) electrons. The van der Waals surface area contributed by atoms with Crippen molar-refractivity contribution in [2.24, 2.45) is 5.14 Å². The van der Waals surface area contributed by atoms with Crippen molar-refractivity contribution in [2.75, 3.05) is 0 Å². The van der Waals surface area contributed by atoms with Crippen LogP contribution in [0.4, 0.5) is 0 Å². The van der Waals surface area contributed by atoms with Crippen LogP contribution in [0.5, 0.6) is 0 Å². The Morgan fingerprint density at radius 2 is 2.19 bits per heavy atom.